The van der Waals surface area contributed by atoms with Crippen molar-refractivity contribution in [3.8, 4) is 0 Å². The zero-order chi connectivity index (χ0) is 13.5. The van der Waals surface area contributed by atoms with Crippen molar-refractivity contribution >= 4 is 17.6 Å². The molecule has 18 heavy (non-hydrogen) atoms. The van der Waals surface area contributed by atoms with Crippen LogP contribution in [-0.2, 0) is 9.59 Å². The molecule has 96 valence electrons. The molecule has 4 nitrogen and oxygen atoms in total. The molecule has 0 unspecified atom stereocenters. The SMILES string of the molecule is Cc1cccc(NC(=O)[C@H]2[C@@H](C(=O)O)C2(C)C)c1. The van der Waals surface area contributed by atoms with Crippen LogP contribution in [-0.4, -0.2) is 17.0 Å². The normalized spacial score (nSPS) is 24.4. The van der Waals surface area contributed by atoms with Crippen molar-refractivity contribution in [1.29, 1.82) is 0 Å². The predicted octanol–water partition coefficient (Wildman–Crippen LogP) is 2.29. The summed E-state index contributed by atoms with van der Waals surface area (Å²) in [7, 11) is 0. The molecule has 1 aromatic rings. The summed E-state index contributed by atoms with van der Waals surface area (Å²) in [6.45, 7) is 5.56. The largest absolute Gasteiger partial charge is 0.481 e. The van der Waals surface area contributed by atoms with Crippen molar-refractivity contribution in [3.63, 3.8) is 0 Å². The maximum Gasteiger partial charge on any atom is 0.307 e. The molecule has 2 rings (SSSR count). The molecular formula is C14H17NO3. The van der Waals surface area contributed by atoms with E-state index in [0.717, 1.165) is 5.56 Å². The van der Waals surface area contributed by atoms with Crippen molar-refractivity contribution in [2.75, 3.05) is 5.32 Å². The Kier molecular flexibility index (Phi) is 2.89. The summed E-state index contributed by atoms with van der Waals surface area (Å²) in [6.07, 6.45) is 0. The highest BCUT2D eigenvalue weighted by atomic mass is 16.4. The van der Waals surface area contributed by atoms with Crippen LogP contribution in [0.4, 0.5) is 5.69 Å². The van der Waals surface area contributed by atoms with Gasteiger partial charge in [0.05, 0.1) is 11.8 Å². The highest BCUT2D eigenvalue weighted by Crippen LogP contribution is 2.58. The van der Waals surface area contributed by atoms with Crippen LogP contribution in [0.15, 0.2) is 24.3 Å². The first-order valence-electron chi connectivity index (χ1n) is 5.94. The van der Waals surface area contributed by atoms with Gasteiger partial charge in [-0.25, -0.2) is 0 Å². The Hall–Kier alpha value is -1.84. The number of benzene rings is 1. The van der Waals surface area contributed by atoms with Gasteiger partial charge in [0.1, 0.15) is 0 Å². The van der Waals surface area contributed by atoms with Crippen LogP contribution in [0.25, 0.3) is 0 Å². The van der Waals surface area contributed by atoms with Crippen molar-refractivity contribution < 1.29 is 14.7 Å². The molecular weight excluding hydrogens is 230 g/mol. The zero-order valence-corrected chi connectivity index (χ0v) is 10.7. The quantitative estimate of drug-likeness (QED) is 0.861. The smallest absolute Gasteiger partial charge is 0.307 e. The molecule has 0 spiro atoms. The fraction of sp³-hybridized carbons (Fsp3) is 0.429. The molecule has 0 radical (unpaired) electrons. The van der Waals surface area contributed by atoms with Crippen LogP contribution >= 0.6 is 0 Å². The van der Waals surface area contributed by atoms with E-state index >= 15 is 0 Å². The molecule has 1 fully saturated rings. The minimum Gasteiger partial charge on any atom is -0.481 e. The first-order chi connectivity index (χ1) is 8.34. The second kappa shape index (κ2) is 4.12. The fourth-order valence-corrected chi connectivity index (χ4v) is 2.53. The molecule has 1 aliphatic carbocycles. The lowest BCUT2D eigenvalue weighted by atomic mass is 10.1. The van der Waals surface area contributed by atoms with Gasteiger partial charge in [0, 0.05) is 5.69 Å². The Labute approximate surface area is 106 Å². The lowest BCUT2D eigenvalue weighted by Crippen LogP contribution is -2.17. The first kappa shape index (κ1) is 12.6. The summed E-state index contributed by atoms with van der Waals surface area (Å²) < 4.78 is 0. The topological polar surface area (TPSA) is 66.4 Å². The highest BCUT2D eigenvalue weighted by molar-refractivity contribution is 5.99. The predicted molar refractivity (Wildman–Crippen MR) is 68.2 cm³/mol. The van der Waals surface area contributed by atoms with E-state index in [1.165, 1.54) is 0 Å². The van der Waals surface area contributed by atoms with Gasteiger partial charge in [-0.15, -0.1) is 0 Å². The van der Waals surface area contributed by atoms with Gasteiger partial charge in [-0.1, -0.05) is 26.0 Å². The van der Waals surface area contributed by atoms with Crippen LogP contribution in [0, 0.1) is 24.2 Å². The maximum absolute atomic E-state index is 12.0. The number of aryl methyl sites for hydroxylation is 1. The molecule has 1 saturated carbocycles. The summed E-state index contributed by atoms with van der Waals surface area (Å²) in [5.41, 5.74) is 1.31. The molecule has 4 heteroatoms. The van der Waals surface area contributed by atoms with Crippen molar-refractivity contribution in [2.45, 2.75) is 20.8 Å². The number of amides is 1. The Morgan fingerprint density at radius 1 is 1.28 bits per heavy atom. The number of nitrogens with one attached hydrogen (secondary N) is 1. The minimum atomic E-state index is -0.899. The number of aliphatic carboxylic acids is 1. The second-order valence-electron chi connectivity index (χ2n) is 5.47. The van der Waals surface area contributed by atoms with E-state index in [9.17, 15) is 9.59 Å². The van der Waals surface area contributed by atoms with Crippen molar-refractivity contribution in [2.24, 2.45) is 17.3 Å². The molecule has 1 aliphatic rings. The lowest BCUT2D eigenvalue weighted by molar-refractivity contribution is -0.140. The van der Waals surface area contributed by atoms with Crippen LogP contribution in [0.2, 0.25) is 0 Å². The molecule has 0 saturated heterocycles. The van der Waals surface area contributed by atoms with E-state index in [0.29, 0.717) is 5.69 Å². The summed E-state index contributed by atoms with van der Waals surface area (Å²) in [5, 5.41) is 11.8. The van der Waals surface area contributed by atoms with E-state index in [1.54, 1.807) is 6.07 Å². The van der Waals surface area contributed by atoms with Gasteiger partial charge in [-0.05, 0) is 30.0 Å². The molecule has 0 bridgehead atoms. The van der Waals surface area contributed by atoms with Gasteiger partial charge in [0.25, 0.3) is 0 Å². The Morgan fingerprint density at radius 2 is 1.94 bits per heavy atom. The average molecular weight is 247 g/mol. The lowest BCUT2D eigenvalue weighted by Gasteiger charge is -2.06. The van der Waals surface area contributed by atoms with Gasteiger partial charge < -0.3 is 10.4 Å². The Morgan fingerprint density at radius 3 is 2.44 bits per heavy atom. The molecule has 0 aromatic heterocycles. The summed E-state index contributed by atoms with van der Waals surface area (Å²) in [4.78, 5) is 23.1. The minimum absolute atomic E-state index is 0.210. The van der Waals surface area contributed by atoms with E-state index < -0.39 is 23.2 Å². The third-order valence-electron chi connectivity index (χ3n) is 3.66. The number of hydrogen-bond donors (Lipinski definition) is 2. The molecule has 0 aliphatic heterocycles. The van der Waals surface area contributed by atoms with E-state index in [4.69, 9.17) is 5.11 Å². The molecule has 1 amide bonds. The Bertz CT molecular complexity index is 508. The van der Waals surface area contributed by atoms with Crippen LogP contribution < -0.4 is 5.32 Å². The van der Waals surface area contributed by atoms with Gasteiger partial charge in [0.2, 0.25) is 5.91 Å². The van der Waals surface area contributed by atoms with Gasteiger partial charge in [-0.3, -0.25) is 9.59 Å². The Balaban J connectivity index is 2.08. The number of hydrogen-bond acceptors (Lipinski definition) is 2. The van der Waals surface area contributed by atoms with Crippen molar-refractivity contribution in [1.82, 2.24) is 0 Å². The van der Waals surface area contributed by atoms with Crippen LogP contribution in [0.3, 0.4) is 0 Å². The van der Waals surface area contributed by atoms with Gasteiger partial charge in [-0.2, -0.15) is 0 Å². The average Bonchev–Trinajstić information content (AvgIpc) is 2.81. The monoisotopic (exact) mass is 247 g/mol. The van der Waals surface area contributed by atoms with E-state index in [1.807, 2.05) is 39.0 Å². The van der Waals surface area contributed by atoms with E-state index in [-0.39, 0.29) is 5.91 Å². The zero-order valence-electron chi connectivity index (χ0n) is 10.7. The number of anilines is 1. The van der Waals surface area contributed by atoms with Crippen LogP contribution in [0.1, 0.15) is 19.4 Å². The summed E-state index contributed by atoms with van der Waals surface area (Å²) in [5.74, 6) is -2.14. The number of carbonyl (C=O) groups is 2. The number of carboxylic acid groups (broad SMARTS) is 1. The van der Waals surface area contributed by atoms with Gasteiger partial charge >= 0.3 is 5.97 Å². The number of rotatable bonds is 3. The van der Waals surface area contributed by atoms with E-state index in [2.05, 4.69) is 5.32 Å². The molecule has 2 atom stereocenters. The first-order valence-corrected chi connectivity index (χ1v) is 5.94. The highest BCUT2D eigenvalue weighted by Gasteiger charge is 2.65. The summed E-state index contributed by atoms with van der Waals surface area (Å²) in [6, 6.07) is 7.47. The number of carbonyl (C=O) groups excluding carboxylic acids is 1. The third kappa shape index (κ3) is 2.10. The van der Waals surface area contributed by atoms with Gasteiger partial charge in [0.15, 0.2) is 0 Å². The number of carboxylic acids is 1. The third-order valence-corrected chi connectivity index (χ3v) is 3.66. The molecule has 0 heterocycles. The maximum atomic E-state index is 12.0. The molecule has 2 N–H and O–H groups in total. The summed E-state index contributed by atoms with van der Waals surface area (Å²) >= 11 is 0. The van der Waals surface area contributed by atoms with Crippen LogP contribution in [0.5, 0.6) is 0 Å². The van der Waals surface area contributed by atoms with Crippen molar-refractivity contribution in [3.05, 3.63) is 29.8 Å². The molecule has 1 aromatic carbocycles. The second-order valence-corrected chi connectivity index (χ2v) is 5.47. The fourth-order valence-electron chi connectivity index (χ4n) is 2.53. The standard InChI is InChI=1S/C14H17NO3/c1-8-5-4-6-9(7-8)15-12(16)10-11(13(17)18)14(10,2)3/h4-7,10-11H,1-3H3,(H,15,16)(H,17,18)/t10-,11+/m1/s1.